The minimum absolute atomic E-state index is 0.0300. The second-order valence-corrected chi connectivity index (χ2v) is 10.4. The lowest BCUT2D eigenvalue weighted by molar-refractivity contribution is -0.139. The number of halogens is 1. The van der Waals surface area contributed by atoms with Crippen LogP contribution in [0.4, 0.5) is 0 Å². The Morgan fingerprint density at radius 2 is 2.00 bits per heavy atom. The molecular formula is C27H27BrN2O6S. The number of thiazole rings is 1. The number of carbonyl (C=O) groups excluding carboxylic acids is 1. The second kappa shape index (κ2) is 10.9. The van der Waals surface area contributed by atoms with E-state index in [-0.39, 0.29) is 35.3 Å². The van der Waals surface area contributed by atoms with E-state index in [4.69, 9.17) is 14.2 Å². The fourth-order valence-electron chi connectivity index (χ4n) is 4.14. The van der Waals surface area contributed by atoms with Crippen LogP contribution in [0.3, 0.4) is 0 Å². The predicted octanol–water partition coefficient (Wildman–Crippen LogP) is 4.06. The van der Waals surface area contributed by atoms with E-state index in [1.807, 2.05) is 38.1 Å². The fourth-order valence-corrected chi connectivity index (χ4v) is 5.64. The standard InChI is InChI=1S/C27H27BrN2O6S/c1-6-35-26(33)22-15(4)29-27-30(23(22)17-9-7-8-10-19(17)36-14(2)3)25(32)21(37-27)13-16-11-18(28)24(31)20(12-16)34-5/h7-14,23,31H,6H2,1-5H3/b21-13+/t23-/m0/s1. The number of aromatic nitrogens is 1. The second-order valence-electron chi connectivity index (χ2n) is 8.56. The van der Waals surface area contributed by atoms with Crippen molar-refractivity contribution in [3.8, 4) is 17.2 Å². The number of esters is 1. The summed E-state index contributed by atoms with van der Waals surface area (Å²) >= 11 is 4.53. The molecule has 0 radical (unpaired) electrons. The molecule has 0 saturated heterocycles. The van der Waals surface area contributed by atoms with Crippen LogP contribution in [0.5, 0.6) is 17.2 Å². The van der Waals surface area contributed by atoms with Gasteiger partial charge in [0, 0.05) is 5.56 Å². The van der Waals surface area contributed by atoms with E-state index in [9.17, 15) is 14.7 Å². The van der Waals surface area contributed by atoms with Crippen molar-refractivity contribution in [1.82, 2.24) is 4.57 Å². The zero-order valence-corrected chi connectivity index (χ0v) is 23.5. The van der Waals surface area contributed by atoms with E-state index in [1.54, 1.807) is 32.1 Å². The summed E-state index contributed by atoms with van der Waals surface area (Å²) < 4.78 is 19.0. The monoisotopic (exact) mass is 586 g/mol. The predicted molar refractivity (Wildman–Crippen MR) is 145 cm³/mol. The first-order valence-electron chi connectivity index (χ1n) is 11.7. The number of hydrogen-bond acceptors (Lipinski definition) is 8. The number of nitrogens with zero attached hydrogens (tertiary/aromatic N) is 2. The molecule has 0 aliphatic carbocycles. The molecule has 1 aliphatic heterocycles. The number of benzene rings is 2. The maximum atomic E-state index is 13.8. The maximum absolute atomic E-state index is 13.8. The van der Waals surface area contributed by atoms with Gasteiger partial charge in [-0.1, -0.05) is 29.5 Å². The zero-order valence-electron chi connectivity index (χ0n) is 21.1. The van der Waals surface area contributed by atoms with E-state index in [0.717, 1.165) is 0 Å². The minimum Gasteiger partial charge on any atom is -0.503 e. The first-order valence-corrected chi connectivity index (χ1v) is 13.3. The third-order valence-corrected chi connectivity index (χ3v) is 7.25. The van der Waals surface area contributed by atoms with Crippen molar-refractivity contribution >= 4 is 39.3 Å². The number of rotatable bonds is 7. The van der Waals surface area contributed by atoms with Crippen LogP contribution in [0, 0.1) is 0 Å². The van der Waals surface area contributed by atoms with Gasteiger partial charge in [-0.2, -0.15) is 0 Å². The molecule has 1 N–H and O–H groups in total. The normalized spacial score (nSPS) is 15.4. The number of fused-ring (bicyclic) bond motifs is 1. The molecule has 4 rings (SSSR count). The molecule has 0 spiro atoms. The lowest BCUT2D eigenvalue weighted by atomic mass is 9.95. The molecule has 2 aromatic carbocycles. The van der Waals surface area contributed by atoms with Gasteiger partial charge in [-0.25, -0.2) is 9.79 Å². The van der Waals surface area contributed by atoms with E-state index < -0.39 is 12.0 Å². The van der Waals surface area contributed by atoms with Crippen LogP contribution in [0.15, 0.2) is 61.9 Å². The van der Waals surface area contributed by atoms with Crippen LogP contribution in [0.1, 0.15) is 44.9 Å². The van der Waals surface area contributed by atoms with Crippen LogP contribution in [-0.2, 0) is 9.53 Å². The highest BCUT2D eigenvalue weighted by Gasteiger charge is 2.35. The molecule has 1 aliphatic rings. The van der Waals surface area contributed by atoms with E-state index in [1.165, 1.54) is 23.0 Å². The Hall–Kier alpha value is -3.37. The number of allylic oxidation sites excluding steroid dienone is 1. The molecule has 0 unspecified atom stereocenters. The number of phenolic OH excluding ortho intramolecular Hbond substituents is 1. The van der Waals surface area contributed by atoms with Gasteiger partial charge >= 0.3 is 5.97 Å². The average molecular weight is 587 g/mol. The van der Waals surface area contributed by atoms with Crippen LogP contribution in [0.2, 0.25) is 0 Å². The van der Waals surface area contributed by atoms with Crippen molar-refractivity contribution in [3.05, 3.63) is 83.0 Å². The van der Waals surface area contributed by atoms with Gasteiger partial charge in [-0.15, -0.1) is 0 Å². The highest BCUT2D eigenvalue weighted by atomic mass is 79.9. The largest absolute Gasteiger partial charge is 0.503 e. The molecule has 3 aromatic rings. The maximum Gasteiger partial charge on any atom is 0.338 e. The lowest BCUT2D eigenvalue weighted by Gasteiger charge is -2.26. The van der Waals surface area contributed by atoms with Crippen LogP contribution < -0.4 is 24.4 Å². The first-order chi connectivity index (χ1) is 17.7. The minimum atomic E-state index is -0.784. The Labute approximate surface area is 226 Å². The van der Waals surface area contributed by atoms with Gasteiger partial charge in [0.25, 0.3) is 5.56 Å². The molecule has 0 bridgehead atoms. The molecule has 8 nitrogen and oxygen atoms in total. The molecule has 1 atom stereocenters. The molecule has 194 valence electrons. The molecule has 0 amide bonds. The molecule has 37 heavy (non-hydrogen) atoms. The van der Waals surface area contributed by atoms with E-state index >= 15 is 0 Å². The van der Waals surface area contributed by atoms with Crippen molar-refractivity contribution in [2.75, 3.05) is 13.7 Å². The summed E-state index contributed by atoms with van der Waals surface area (Å²) in [5, 5.41) is 10.2. The van der Waals surface area contributed by atoms with Crippen molar-refractivity contribution in [2.24, 2.45) is 4.99 Å². The van der Waals surface area contributed by atoms with Gasteiger partial charge in [-0.3, -0.25) is 9.36 Å². The van der Waals surface area contributed by atoms with Gasteiger partial charge < -0.3 is 19.3 Å². The summed E-state index contributed by atoms with van der Waals surface area (Å²) in [4.78, 5) is 32.1. The Morgan fingerprint density at radius 1 is 1.27 bits per heavy atom. The summed E-state index contributed by atoms with van der Waals surface area (Å²) in [5.74, 6) is 0.277. The van der Waals surface area contributed by atoms with Gasteiger partial charge in [0.1, 0.15) is 11.8 Å². The molecule has 1 aromatic heterocycles. The third kappa shape index (κ3) is 5.21. The first kappa shape index (κ1) is 26.7. The van der Waals surface area contributed by atoms with Gasteiger partial charge in [0.2, 0.25) is 0 Å². The Bertz CT molecular complexity index is 1570. The number of phenols is 1. The Balaban J connectivity index is 1.98. The number of aromatic hydroxyl groups is 1. The van der Waals surface area contributed by atoms with Gasteiger partial charge in [-0.05, 0) is 73.5 Å². The van der Waals surface area contributed by atoms with Crippen molar-refractivity contribution in [3.63, 3.8) is 0 Å². The third-order valence-electron chi connectivity index (χ3n) is 5.66. The smallest absolute Gasteiger partial charge is 0.338 e. The number of hydrogen-bond donors (Lipinski definition) is 1. The lowest BCUT2D eigenvalue weighted by Crippen LogP contribution is -2.40. The fraction of sp³-hybridized carbons (Fsp3) is 0.296. The zero-order chi connectivity index (χ0) is 26.9. The summed E-state index contributed by atoms with van der Waals surface area (Å²) in [5.41, 5.74) is 1.76. The Morgan fingerprint density at radius 3 is 2.68 bits per heavy atom. The van der Waals surface area contributed by atoms with Gasteiger partial charge in [0.15, 0.2) is 16.3 Å². The Kier molecular flexibility index (Phi) is 7.89. The quantitative estimate of drug-likeness (QED) is 0.419. The summed E-state index contributed by atoms with van der Waals surface area (Å²) in [6.45, 7) is 7.50. The molecule has 2 heterocycles. The van der Waals surface area contributed by atoms with Gasteiger partial charge in [0.05, 0.1) is 40.1 Å². The summed E-state index contributed by atoms with van der Waals surface area (Å²) in [6.07, 6.45) is 1.59. The highest BCUT2D eigenvalue weighted by molar-refractivity contribution is 9.10. The highest BCUT2D eigenvalue weighted by Crippen LogP contribution is 2.37. The molecule has 10 heteroatoms. The van der Waals surface area contributed by atoms with Crippen molar-refractivity contribution in [2.45, 2.75) is 39.8 Å². The van der Waals surface area contributed by atoms with Crippen molar-refractivity contribution < 1.29 is 24.1 Å². The van der Waals surface area contributed by atoms with Crippen LogP contribution in [-0.4, -0.2) is 35.5 Å². The molecule has 0 saturated carbocycles. The van der Waals surface area contributed by atoms with E-state index in [2.05, 4.69) is 20.9 Å². The van der Waals surface area contributed by atoms with Crippen LogP contribution in [0.25, 0.3) is 6.08 Å². The molecular weight excluding hydrogens is 560 g/mol. The summed E-state index contributed by atoms with van der Waals surface area (Å²) in [6, 6.07) is 9.90. The number of carbonyl (C=O) groups is 1. The SMILES string of the molecule is CCOC(=O)C1=C(C)N=c2s/c(=C/c3cc(Br)c(O)c(OC)c3)c(=O)n2[C@H]1c1ccccc1OC(C)C. The summed E-state index contributed by atoms with van der Waals surface area (Å²) in [7, 11) is 1.45. The number of methoxy groups -OCH3 is 1. The topological polar surface area (TPSA) is 99.4 Å². The molecule has 0 fully saturated rings. The van der Waals surface area contributed by atoms with Crippen LogP contribution >= 0.6 is 27.3 Å². The number of para-hydroxylation sites is 1. The average Bonchev–Trinajstić information content (AvgIpc) is 3.14. The van der Waals surface area contributed by atoms with Crippen molar-refractivity contribution in [1.29, 1.82) is 0 Å². The van der Waals surface area contributed by atoms with E-state index in [0.29, 0.717) is 36.4 Å². The number of ether oxygens (including phenoxy) is 3.